The van der Waals surface area contributed by atoms with Crippen LogP contribution >= 0.6 is 8.53 Å². The normalized spacial score (nSPS) is 14.8. The molecule has 0 bridgehead atoms. The van der Waals surface area contributed by atoms with Gasteiger partial charge in [0.05, 0.1) is 12.6 Å². The number of nitrogens with zero attached hydrogens (tertiary/aromatic N) is 1. The molecule has 1 unspecified atom stereocenters. The van der Waals surface area contributed by atoms with Crippen LogP contribution in [0, 0.1) is 0 Å². The maximum Gasteiger partial charge on any atom is 0.408 e. The molecule has 0 aromatic rings. The second-order valence-electron chi connectivity index (χ2n) is 12.3. The quantitative estimate of drug-likeness (QED) is 0.0482. The van der Waals surface area contributed by atoms with Crippen molar-refractivity contribution in [1.82, 2.24) is 9.99 Å². The Kier molecular flexibility index (Phi) is 24.2. The van der Waals surface area contributed by atoms with Gasteiger partial charge in [0.15, 0.2) is 0 Å². The first-order chi connectivity index (χ1) is 19.5. The lowest BCUT2D eigenvalue weighted by Gasteiger charge is -2.36. The maximum absolute atomic E-state index is 12.8. The van der Waals surface area contributed by atoms with Gasteiger partial charge in [0.1, 0.15) is 18.5 Å². The number of carbonyl (C=O) groups is 1. The molecule has 0 fully saturated rings. The van der Waals surface area contributed by atoms with Gasteiger partial charge in [0, 0.05) is 26.3 Å². The zero-order valence-corrected chi connectivity index (χ0v) is 29.1. The molecular formula is C32H65N2O6P. The van der Waals surface area contributed by atoms with E-state index in [9.17, 15) is 4.79 Å². The van der Waals surface area contributed by atoms with Crippen molar-refractivity contribution in [3.63, 3.8) is 0 Å². The Morgan fingerprint density at radius 1 is 0.878 bits per heavy atom. The zero-order chi connectivity index (χ0) is 31.1. The minimum Gasteiger partial charge on any atom is -0.444 e. The summed E-state index contributed by atoms with van der Waals surface area (Å²) in [4.78, 5) is 12.8. The van der Waals surface area contributed by atoms with E-state index in [0.717, 1.165) is 12.8 Å². The van der Waals surface area contributed by atoms with Crippen molar-refractivity contribution in [2.75, 3.05) is 27.6 Å². The van der Waals surface area contributed by atoms with E-state index in [1.54, 1.807) is 14.2 Å². The Hall–Kier alpha value is -0.760. The van der Waals surface area contributed by atoms with Crippen molar-refractivity contribution < 1.29 is 28.1 Å². The minimum absolute atomic E-state index is 0.100. The number of hydrogen-bond acceptors (Lipinski definition) is 7. The first-order valence-corrected chi connectivity index (χ1v) is 17.1. The van der Waals surface area contributed by atoms with Crippen LogP contribution in [0.3, 0.4) is 0 Å². The summed E-state index contributed by atoms with van der Waals surface area (Å²) >= 11 is 0. The lowest BCUT2D eigenvalue weighted by atomic mass is 10.0. The van der Waals surface area contributed by atoms with Gasteiger partial charge in [-0.2, -0.15) is 0 Å². The van der Waals surface area contributed by atoms with Gasteiger partial charge in [0.2, 0.25) is 0 Å². The minimum atomic E-state index is -1.32. The van der Waals surface area contributed by atoms with Crippen LogP contribution in [-0.2, 0) is 23.3 Å². The molecule has 0 aliphatic rings. The molecule has 0 saturated carbocycles. The fourth-order valence-electron chi connectivity index (χ4n) is 4.62. The van der Waals surface area contributed by atoms with Crippen molar-refractivity contribution in [2.45, 2.75) is 162 Å². The molecular weight excluding hydrogens is 539 g/mol. The maximum atomic E-state index is 12.8. The van der Waals surface area contributed by atoms with Crippen LogP contribution in [0.15, 0.2) is 12.2 Å². The third-order valence-corrected chi connectivity index (χ3v) is 8.53. The number of allylic oxidation sites excluding steroid dienone is 1. The lowest BCUT2D eigenvalue weighted by Crippen LogP contribution is -2.48. The number of rotatable bonds is 25. The van der Waals surface area contributed by atoms with Crippen molar-refractivity contribution in [3.05, 3.63) is 12.2 Å². The van der Waals surface area contributed by atoms with Gasteiger partial charge in [-0.15, -0.1) is 0 Å². The van der Waals surface area contributed by atoms with E-state index in [-0.39, 0.29) is 25.5 Å². The Labute approximate surface area is 254 Å². The van der Waals surface area contributed by atoms with E-state index < -0.39 is 32.4 Å². The Morgan fingerprint density at radius 2 is 1.41 bits per heavy atom. The van der Waals surface area contributed by atoms with Crippen LogP contribution in [0.2, 0.25) is 0 Å². The molecule has 3 atom stereocenters. The Bertz CT molecular complexity index is 649. The molecule has 0 heterocycles. The fraction of sp³-hybridized carbons (Fsp3) is 0.906. The molecule has 0 aromatic carbocycles. The van der Waals surface area contributed by atoms with Gasteiger partial charge in [-0.25, -0.2) is 9.46 Å². The molecule has 244 valence electrons. The third-order valence-electron chi connectivity index (χ3n) is 6.54. The molecule has 0 radical (unpaired) electrons. The van der Waals surface area contributed by atoms with E-state index in [1.165, 1.54) is 64.2 Å². The van der Waals surface area contributed by atoms with Crippen molar-refractivity contribution in [1.29, 1.82) is 0 Å². The summed E-state index contributed by atoms with van der Waals surface area (Å²) in [6.07, 6.45) is 18.7. The van der Waals surface area contributed by atoms with Gasteiger partial charge >= 0.3 is 6.09 Å². The summed E-state index contributed by atoms with van der Waals surface area (Å²) in [5.74, 6) is 0. The van der Waals surface area contributed by atoms with Gasteiger partial charge in [-0.05, 0) is 61.3 Å². The fourth-order valence-corrected chi connectivity index (χ4v) is 6.09. The van der Waals surface area contributed by atoms with Crippen LogP contribution in [0.4, 0.5) is 4.79 Å². The van der Waals surface area contributed by atoms with Gasteiger partial charge < -0.3 is 28.6 Å². The highest BCUT2D eigenvalue weighted by atomic mass is 31.2. The molecule has 0 aliphatic heterocycles. The summed E-state index contributed by atoms with van der Waals surface area (Å²) in [7, 11) is 1.92. The number of nitrogens with one attached hydrogen (secondary N) is 1. The monoisotopic (exact) mass is 604 g/mol. The van der Waals surface area contributed by atoms with Crippen molar-refractivity contribution in [2.24, 2.45) is 0 Å². The van der Waals surface area contributed by atoms with Crippen LogP contribution in [0.25, 0.3) is 0 Å². The zero-order valence-electron chi connectivity index (χ0n) is 28.2. The number of methoxy groups -OCH3 is 1. The predicted octanol–water partition coefficient (Wildman–Crippen LogP) is 9.13. The SMILES string of the molecule is CCCCCCCCCCCCC/C=C/[C@@H](OCOC)[C@H](COP(OC)N(C(C)C)C(C)C)NC(=O)OC(C)(C)C. The molecule has 0 saturated heterocycles. The number of hydrogen-bond donors (Lipinski definition) is 1. The number of alkyl carbamates (subject to hydrolysis) is 1. The van der Waals surface area contributed by atoms with E-state index in [1.807, 2.05) is 26.8 Å². The molecule has 8 nitrogen and oxygen atoms in total. The Balaban J connectivity index is 5.12. The standard InChI is InChI=1S/C32H65N2O6P/c1-11-12-13-14-15-16-17-18-19-20-21-22-23-24-30(38-26-36-9)29(33-31(35)40-32(6,7)8)25-39-41(37-10)34(27(2)3)28(4)5/h23-24,27-30H,11-22,25-26H2,1-10H3,(H,33,35)/b24-23+/t29-,30+,41?/m0/s1. The van der Waals surface area contributed by atoms with Crippen LogP contribution in [0.5, 0.6) is 0 Å². The van der Waals surface area contributed by atoms with E-state index >= 15 is 0 Å². The lowest BCUT2D eigenvalue weighted by molar-refractivity contribution is -0.0706. The number of unbranched alkanes of at least 4 members (excludes halogenated alkanes) is 11. The molecule has 0 aliphatic carbocycles. The highest BCUT2D eigenvalue weighted by Gasteiger charge is 2.30. The summed E-state index contributed by atoms with van der Waals surface area (Å²) in [5, 5.41) is 2.97. The van der Waals surface area contributed by atoms with E-state index in [0.29, 0.717) is 0 Å². The average molecular weight is 605 g/mol. The summed E-state index contributed by atoms with van der Waals surface area (Å²) < 4.78 is 31.0. The number of ether oxygens (including phenoxy) is 3. The Morgan fingerprint density at radius 3 is 1.88 bits per heavy atom. The van der Waals surface area contributed by atoms with E-state index in [2.05, 4.69) is 50.7 Å². The number of carbonyl (C=O) groups excluding carboxylic acids is 1. The largest absolute Gasteiger partial charge is 0.444 e. The summed E-state index contributed by atoms with van der Waals surface area (Å²) in [6.45, 7) is 16.6. The highest BCUT2D eigenvalue weighted by molar-refractivity contribution is 7.44. The van der Waals surface area contributed by atoms with Crippen LogP contribution in [-0.4, -0.2) is 68.2 Å². The van der Waals surface area contributed by atoms with Crippen LogP contribution < -0.4 is 5.32 Å². The van der Waals surface area contributed by atoms with Gasteiger partial charge in [-0.3, -0.25) is 0 Å². The van der Waals surface area contributed by atoms with E-state index in [4.69, 9.17) is 23.3 Å². The third kappa shape index (κ3) is 21.6. The van der Waals surface area contributed by atoms with Gasteiger partial charge in [0.25, 0.3) is 8.53 Å². The van der Waals surface area contributed by atoms with Crippen molar-refractivity contribution in [3.8, 4) is 0 Å². The molecule has 0 spiro atoms. The molecule has 0 aromatic heterocycles. The van der Waals surface area contributed by atoms with Gasteiger partial charge in [-0.1, -0.05) is 83.3 Å². The predicted molar refractivity (Wildman–Crippen MR) is 172 cm³/mol. The molecule has 0 rings (SSSR count). The smallest absolute Gasteiger partial charge is 0.408 e. The average Bonchev–Trinajstić information content (AvgIpc) is 2.88. The second-order valence-corrected chi connectivity index (χ2v) is 13.9. The molecule has 1 N–H and O–H groups in total. The van der Waals surface area contributed by atoms with Crippen LogP contribution in [0.1, 0.15) is 132 Å². The molecule has 9 heteroatoms. The second kappa shape index (κ2) is 24.7. The first-order valence-electron chi connectivity index (χ1n) is 16.0. The van der Waals surface area contributed by atoms with Crippen molar-refractivity contribution >= 4 is 14.6 Å². The molecule has 41 heavy (non-hydrogen) atoms. The summed E-state index contributed by atoms with van der Waals surface area (Å²) in [5.41, 5.74) is -0.617. The first kappa shape index (κ1) is 40.2. The summed E-state index contributed by atoms with van der Waals surface area (Å²) in [6, 6.07) is -0.0102. The number of amides is 1. The highest BCUT2D eigenvalue weighted by Crippen LogP contribution is 2.45. The molecule has 1 amide bonds. The topological polar surface area (TPSA) is 78.5 Å².